The van der Waals surface area contributed by atoms with Crippen LogP contribution in [0, 0.1) is 11.6 Å². The van der Waals surface area contributed by atoms with Gasteiger partial charge in [-0.3, -0.25) is 0 Å². The summed E-state index contributed by atoms with van der Waals surface area (Å²) in [6.45, 7) is 0. The lowest BCUT2D eigenvalue weighted by Crippen LogP contribution is -2.01. The van der Waals surface area contributed by atoms with E-state index < -0.39 is 11.6 Å². The number of hydrogen-bond donors (Lipinski definition) is 2. The van der Waals surface area contributed by atoms with Crippen molar-refractivity contribution in [3.63, 3.8) is 0 Å². The summed E-state index contributed by atoms with van der Waals surface area (Å²) in [5.41, 5.74) is 5.69. The molecule has 0 fully saturated rings. The maximum Gasteiger partial charge on any atom is 0.227 e. The van der Waals surface area contributed by atoms with Crippen LogP contribution < -0.4 is 11.1 Å². The summed E-state index contributed by atoms with van der Waals surface area (Å²) in [5, 5.41) is 2.45. The zero-order chi connectivity index (χ0) is 12.4. The lowest BCUT2D eigenvalue weighted by Gasteiger charge is -2.08. The number of nitrogens with one attached hydrogen (secondary N) is 1. The highest BCUT2D eigenvalue weighted by Gasteiger charge is 2.11. The van der Waals surface area contributed by atoms with E-state index in [4.69, 9.17) is 17.3 Å². The topological polar surface area (TPSA) is 63.8 Å². The Morgan fingerprint density at radius 3 is 2.41 bits per heavy atom. The first-order chi connectivity index (χ1) is 8.06. The van der Waals surface area contributed by atoms with Crippen LogP contribution >= 0.6 is 11.6 Å². The fourth-order valence-corrected chi connectivity index (χ4v) is 1.42. The summed E-state index contributed by atoms with van der Waals surface area (Å²) < 4.78 is 26.2. The number of halogens is 3. The Balaban J connectivity index is 2.33. The highest BCUT2D eigenvalue weighted by atomic mass is 35.5. The Kier molecular flexibility index (Phi) is 3.06. The molecule has 1 aromatic carbocycles. The molecule has 0 amide bonds. The molecule has 1 aromatic heterocycles. The van der Waals surface area contributed by atoms with Crippen LogP contribution in [0.25, 0.3) is 0 Å². The average molecular weight is 257 g/mol. The minimum atomic E-state index is -0.824. The summed E-state index contributed by atoms with van der Waals surface area (Å²) in [5.74, 6) is -1.46. The fourth-order valence-electron chi connectivity index (χ4n) is 1.18. The molecule has 2 aromatic rings. The monoisotopic (exact) mass is 256 g/mol. The molecule has 0 unspecified atom stereocenters. The third-order valence-electron chi connectivity index (χ3n) is 1.92. The van der Waals surface area contributed by atoms with Crippen LogP contribution in [0.2, 0.25) is 5.02 Å². The average Bonchev–Trinajstić information content (AvgIpc) is 2.26. The molecule has 88 valence electrons. The van der Waals surface area contributed by atoms with Gasteiger partial charge in [0.25, 0.3) is 0 Å². The third-order valence-corrected chi connectivity index (χ3v) is 2.21. The van der Waals surface area contributed by atoms with Gasteiger partial charge in [-0.2, -0.15) is 0 Å². The molecule has 0 bridgehead atoms. The van der Waals surface area contributed by atoms with Gasteiger partial charge in [0.05, 0.1) is 28.8 Å². The minimum Gasteiger partial charge on any atom is -0.396 e. The molecule has 4 nitrogen and oxygen atoms in total. The number of anilines is 3. The zero-order valence-corrected chi connectivity index (χ0v) is 9.17. The van der Waals surface area contributed by atoms with E-state index in [2.05, 4.69) is 15.3 Å². The van der Waals surface area contributed by atoms with Crippen molar-refractivity contribution in [1.29, 1.82) is 0 Å². The van der Waals surface area contributed by atoms with Crippen molar-refractivity contribution in [3.8, 4) is 0 Å². The van der Waals surface area contributed by atoms with E-state index in [1.165, 1.54) is 12.4 Å². The maximum absolute atomic E-state index is 13.4. The Bertz CT molecular complexity index is 521. The van der Waals surface area contributed by atoms with Crippen LogP contribution in [0.3, 0.4) is 0 Å². The number of hydrogen-bond acceptors (Lipinski definition) is 4. The third kappa shape index (κ3) is 2.59. The van der Waals surface area contributed by atoms with Gasteiger partial charge in [-0.05, 0) is 6.07 Å². The molecule has 2 rings (SSSR count). The fraction of sp³-hybridized carbons (Fsp3) is 0. The summed E-state index contributed by atoms with van der Waals surface area (Å²) >= 11 is 5.69. The van der Waals surface area contributed by atoms with E-state index >= 15 is 0 Å². The summed E-state index contributed by atoms with van der Waals surface area (Å²) in [6.07, 6.45) is 2.70. The van der Waals surface area contributed by atoms with Crippen molar-refractivity contribution in [3.05, 3.63) is 41.2 Å². The number of rotatable bonds is 2. The summed E-state index contributed by atoms with van der Waals surface area (Å²) in [4.78, 5) is 7.62. The van der Waals surface area contributed by atoms with Gasteiger partial charge in [0, 0.05) is 6.07 Å². The number of nitrogens with zero attached hydrogens (tertiary/aromatic N) is 2. The van der Waals surface area contributed by atoms with Gasteiger partial charge in [0.15, 0.2) is 5.82 Å². The van der Waals surface area contributed by atoms with Gasteiger partial charge in [0.1, 0.15) is 5.82 Å². The Hall–Kier alpha value is -1.95. The van der Waals surface area contributed by atoms with Crippen LogP contribution in [0.4, 0.5) is 26.1 Å². The smallest absolute Gasteiger partial charge is 0.227 e. The van der Waals surface area contributed by atoms with Crippen LogP contribution in [0.5, 0.6) is 0 Å². The van der Waals surface area contributed by atoms with E-state index in [1.54, 1.807) is 0 Å². The molecular weight excluding hydrogens is 250 g/mol. The molecule has 0 aliphatic rings. The van der Waals surface area contributed by atoms with E-state index in [1.807, 2.05) is 0 Å². The molecular formula is C10H7ClF2N4. The lowest BCUT2D eigenvalue weighted by atomic mass is 10.3. The molecule has 17 heavy (non-hydrogen) atoms. The summed E-state index contributed by atoms with van der Waals surface area (Å²) in [7, 11) is 0. The first kappa shape index (κ1) is 11.5. The van der Waals surface area contributed by atoms with Crippen LogP contribution in [0.1, 0.15) is 0 Å². The molecule has 1 heterocycles. The standard InChI is InChI=1S/C10H7ClF2N4/c11-7-1-5(12)2-8(13)9(7)17-10-15-3-6(14)4-16-10/h1-4H,14H2,(H,15,16,17). The Morgan fingerprint density at radius 2 is 1.82 bits per heavy atom. The second kappa shape index (κ2) is 4.50. The molecule has 0 aliphatic heterocycles. The quantitative estimate of drug-likeness (QED) is 0.867. The minimum absolute atomic E-state index is 0.0853. The lowest BCUT2D eigenvalue weighted by molar-refractivity contribution is 0.586. The SMILES string of the molecule is Nc1cnc(Nc2c(F)cc(F)cc2Cl)nc1. The molecule has 0 atom stereocenters. The zero-order valence-electron chi connectivity index (χ0n) is 8.42. The number of nitrogen functional groups attached to an aromatic ring is 1. The summed E-state index contributed by atoms with van der Waals surface area (Å²) in [6, 6.07) is 1.70. The molecule has 0 radical (unpaired) electrons. The number of nitrogens with two attached hydrogens (primary N) is 1. The molecule has 0 aliphatic carbocycles. The van der Waals surface area contributed by atoms with Gasteiger partial charge in [-0.15, -0.1) is 0 Å². The van der Waals surface area contributed by atoms with Crippen molar-refractivity contribution in [2.75, 3.05) is 11.1 Å². The van der Waals surface area contributed by atoms with Gasteiger partial charge < -0.3 is 11.1 Å². The Labute approximate surface area is 100 Å². The van der Waals surface area contributed by atoms with Crippen LogP contribution in [-0.2, 0) is 0 Å². The van der Waals surface area contributed by atoms with Crippen molar-refractivity contribution in [2.24, 2.45) is 0 Å². The first-order valence-electron chi connectivity index (χ1n) is 4.55. The van der Waals surface area contributed by atoms with Crippen LogP contribution in [-0.4, -0.2) is 9.97 Å². The second-order valence-electron chi connectivity index (χ2n) is 3.21. The Morgan fingerprint density at radius 1 is 1.18 bits per heavy atom. The van der Waals surface area contributed by atoms with Crippen molar-refractivity contribution in [2.45, 2.75) is 0 Å². The van der Waals surface area contributed by atoms with Gasteiger partial charge in [0.2, 0.25) is 5.95 Å². The van der Waals surface area contributed by atoms with Gasteiger partial charge >= 0.3 is 0 Å². The molecule has 7 heteroatoms. The number of benzene rings is 1. The second-order valence-corrected chi connectivity index (χ2v) is 3.62. The first-order valence-corrected chi connectivity index (χ1v) is 4.93. The van der Waals surface area contributed by atoms with Gasteiger partial charge in [-0.25, -0.2) is 18.7 Å². The predicted octanol–water partition coefficient (Wildman–Crippen LogP) is 2.73. The van der Waals surface area contributed by atoms with Crippen LogP contribution in [0.15, 0.2) is 24.5 Å². The maximum atomic E-state index is 13.4. The predicted molar refractivity (Wildman–Crippen MR) is 61.1 cm³/mol. The van der Waals surface area contributed by atoms with Gasteiger partial charge in [-0.1, -0.05) is 11.6 Å². The van der Waals surface area contributed by atoms with Crippen molar-refractivity contribution < 1.29 is 8.78 Å². The van der Waals surface area contributed by atoms with E-state index in [-0.39, 0.29) is 16.7 Å². The largest absolute Gasteiger partial charge is 0.396 e. The van der Waals surface area contributed by atoms with Crippen molar-refractivity contribution in [1.82, 2.24) is 9.97 Å². The highest BCUT2D eigenvalue weighted by Crippen LogP contribution is 2.28. The van der Waals surface area contributed by atoms with E-state index in [0.717, 1.165) is 6.07 Å². The number of aromatic nitrogens is 2. The molecule has 0 saturated carbocycles. The van der Waals surface area contributed by atoms with E-state index in [9.17, 15) is 8.78 Å². The molecule has 3 N–H and O–H groups in total. The highest BCUT2D eigenvalue weighted by molar-refractivity contribution is 6.33. The van der Waals surface area contributed by atoms with Crippen molar-refractivity contribution >= 4 is 28.9 Å². The normalized spacial score (nSPS) is 10.3. The molecule has 0 spiro atoms. The molecule has 0 saturated heterocycles. The van der Waals surface area contributed by atoms with E-state index in [0.29, 0.717) is 11.8 Å².